The van der Waals surface area contributed by atoms with Crippen LogP contribution in [0.1, 0.15) is 9.67 Å². The Kier molecular flexibility index (Phi) is 4.29. The molecule has 0 radical (unpaired) electrons. The molecule has 3 nitrogen and oxygen atoms in total. The molecule has 1 aromatic heterocycles. The first-order valence-electron chi connectivity index (χ1n) is 4.96. The van der Waals surface area contributed by atoms with Gasteiger partial charge in [-0.3, -0.25) is 0 Å². The van der Waals surface area contributed by atoms with Gasteiger partial charge in [0.15, 0.2) is 0 Å². The lowest BCUT2D eigenvalue weighted by atomic mass is 10.2. The number of nitrogen functional groups attached to an aromatic ring is 1. The number of hydrogen-bond donors (Lipinski definition) is 1. The molecule has 0 aliphatic carbocycles. The molecule has 0 aliphatic heterocycles. The highest BCUT2D eigenvalue weighted by Crippen LogP contribution is 2.38. The van der Waals surface area contributed by atoms with E-state index in [9.17, 15) is 4.79 Å². The zero-order valence-corrected chi connectivity index (χ0v) is 13.9. The number of esters is 1. The number of benzene rings is 1. The lowest BCUT2D eigenvalue weighted by molar-refractivity contribution is 0.0607. The molecule has 0 saturated carbocycles. The molecule has 0 unspecified atom stereocenters. The molecule has 0 atom stereocenters. The molecule has 1 heterocycles. The van der Waals surface area contributed by atoms with Crippen LogP contribution in [0.2, 0.25) is 0 Å². The average molecular weight is 438 g/mol. The van der Waals surface area contributed by atoms with E-state index in [2.05, 4.69) is 38.5 Å². The van der Waals surface area contributed by atoms with Crippen LogP contribution >= 0.6 is 49.9 Å². The predicted molar refractivity (Wildman–Crippen MR) is 85.9 cm³/mol. The first-order chi connectivity index (χ1) is 8.52. The summed E-state index contributed by atoms with van der Waals surface area (Å²) in [6.07, 6.45) is 0. The minimum absolute atomic E-state index is 0.398. The Morgan fingerprint density at radius 1 is 1.44 bits per heavy atom. The van der Waals surface area contributed by atoms with Crippen molar-refractivity contribution in [2.75, 3.05) is 12.8 Å². The Balaban J connectivity index is 2.52. The van der Waals surface area contributed by atoms with Crippen LogP contribution in [0.5, 0.6) is 0 Å². The number of rotatable bonds is 2. The van der Waals surface area contributed by atoms with Crippen molar-refractivity contribution < 1.29 is 9.53 Å². The van der Waals surface area contributed by atoms with Gasteiger partial charge in [0.1, 0.15) is 4.88 Å². The van der Waals surface area contributed by atoms with Crippen molar-refractivity contribution >= 4 is 61.5 Å². The van der Waals surface area contributed by atoms with Crippen molar-refractivity contribution in [3.8, 4) is 10.4 Å². The highest BCUT2D eigenvalue weighted by atomic mass is 127. The minimum atomic E-state index is -0.398. The smallest absolute Gasteiger partial charge is 0.350 e. The third-order valence-corrected chi connectivity index (χ3v) is 4.85. The maximum absolute atomic E-state index is 11.5. The number of halogens is 2. The lowest BCUT2D eigenvalue weighted by Gasteiger charge is -2.01. The van der Waals surface area contributed by atoms with E-state index in [1.807, 2.05) is 18.2 Å². The predicted octanol–water partition coefficient (Wildman–Crippen LogP) is 4.15. The van der Waals surface area contributed by atoms with Gasteiger partial charge < -0.3 is 10.5 Å². The second-order valence-electron chi connectivity index (χ2n) is 3.51. The minimum Gasteiger partial charge on any atom is -0.465 e. The van der Waals surface area contributed by atoms with Crippen molar-refractivity contribution in [3.05, 3.63) is 37.2 Å². The number of hydrogen-bond acceptors (Lipinski definition) is 4. The summed E-state index contributed by atoms with van der Waals surface area (Å²) in [7, 11) is 1.35. The maximum atomic E-state index is 11.5. The number of nitrogens with two attached hydrogens (primary N) is 1. The molecule has 94 valence electrons. The molecule has 0 aliphatic rings. The van der Waals surface area contributed by atoms with Crippen molar-refractivity contribution in [2.45, 2.75) is 0 Å². The summed E-state index contributed by atoms with van der Waals surface area (Å²) in [5.74, 6) is -0.398. The van der Waals surface area contributed by atoms with Gasteiger partial charge in [-0.15, -0.1) is 11.3 Å². The Morgan fingerprint density at radius 3 is 2.83 bits per heavy atom. The van der Waals surface area contributed by atoms with Gasteiger partial charge in [0.25, 0.3) is 0 Å². The van der Waals surface area contributed by atoms with Crippen molar-refractivity contribution in [1.29, 1.82) is 0 Å². The molecule has 1 aromatic carbocycles. The van der Waals surface area contributed by atoms with Gasteiger partial charge in [-0.05, 0) is 46.9 Å². The molecular formula is C12H9BrINO2S. The summed E-state index contributed by atoms with van der Waals surface area (Å²) in [6, 6.07) is 7.82. The molecule has 0 saturated heterocycles. The Morgan fingerprint density at radius 2 is 2.17 bits per heavy atom. The Bertz CT molecular complexity index is 612. The first kappa shape index (κ1) is 13.8. The molecule has 0 spiro atoms. The second kappa shape index (κ2) is 5.58. The van der Waals surface area contributed by atoms with Crippen LogP contribution in [0.4, 0.5) is 5.69 Å². The van der Waals surface area contributed by atoms with Gasteiger partial charge in [-0.1, -0.05) is 15.9 Å². The van der Waals surface area contributed by atoms with E-state index < -0.39 is 5.97 Å². The number of ether oxygens (including phenoxy) is 1. The fourth-order valence-electron chi connectivity index (χ4n) is 1.48. The number of methoxy groups -OCH3 is 1. The molecule has 18 heavy (non-hydrogen) atoms. The summed E-state index contributed by atoms with van der Waals surface area (Å²) < 4.78 is 6.79. The maximum Gasteiger partial charge on any atom is 0.350 e. The van der Waals surface area contributed by atoms with E-state index in [0.717, 1.165) is 18.5 Å². The van der Waals surface area contributed by atoms with Crippen LogP contribution in [0.25, 0.3) is 10.4 Å². The van der Waals surface area contributed by atoms with E-state index in [4.69, 9.17) is 10.5 Å². The lowest BCUT2D eigenvalue weighted by Crippen LogP contribution is -2.00. The van der Waals surface area contributed by atoms with Gasteiger partial charge in [0, 0.05) is 18.5 Å². The highest BCUT2D eigenvalue weighted by Gasteiger charge is 2.16. The van der Waals surface area contributed by atoms with E-state index in [1.165, 1.54) is 18.4 Å². The zero-order chi connectivity index (χ0) is 13.3. The van der Waals surface area contributed by atoms with Gasteiger partial charge in [0.2, 0.25) is 0 Å². The van der Waals surface area contributed by atoms with Crippen molar-refractivity contribution in [1.82, 2.24) is 0 Å². The van der Waals surface area contributed by atoms with Gasteiger partial charge in [-0.2, -0.15) is 0 Å². The quantitative estimate of drug-likeness (QED) is 0.567. The van der Waals surface area contributed by atoms with Crippen LogP contribution in [-0.4, -0.2) is 13.1 Å². The largest absolute Gasteiger partial charge is 0.465 e. The Hall–Kier alpha value is -0.600. The number of carbonyl (C=O) groups is 1. The Labute approximate surface area is 131 Å². The first-order valence-corrected chi connectivity index (χ1v) is 7.65. The van der Waals surface area contributed by atoms with Crippen LogP contribution in [-0.2, 0) is 4.74 Å². The normalized spacial score (nSPS) is 10.4. The topological polar surface area (TPSA) is 52.3 Å². The number of carbonyl (C=O) groups excluding carboxylic acids is 1. The molecule has 6 heteroatoms. The standard InChI is InChI=1S/C12H9BrINO2S/c1-17-12(16)11-9(15)5-10(18-11)7-4-6(14)2-3-8(7)13/h2-5H,15H2,1H3. The molecule has 2 N–H and O–H groups in total. The summed E-state index contributed by atoms with van der Waals surface area (Å²) in [5, 5.41) is 0. The second-order valence-corrected chi connectivity index (χ2v) is 6.66. The molecule has 2 aromatic rings. The number of thiophene rings is 1. The third kappa shape index (κ3) is 2.70. The summed E-state index contributed by atoms with van der Waals surface area (Å²) in [6.45, 7) is 0. The molecular weight excluding hydrogens is 429 g/mol. The summed E-state index contributed by atoms with van der Waals surface area (Å²) in [5.41, 5.74) is 7.31. The van der Waals surface area contributed by atoms with E-state index >= 15 is 0 Å². The molecule has 2 rings (SSSR count). The van der Waals surface area contributed by atoms with Crippen molar-refractivity contribution in [3.63, 3.8) is 0 Å². The van der Waals surface area contributed by atoms with Crippen LogP contribution in [0.15, 0.2) is 28.7 Å². The summed E-state index contributed by atoms with van der Waals surface area (Å²) in [4.78, 5) is 12.9. The molecule has 0 bridgehead atoms. The van der Waals surface area contributed by atoms with Crippen molar-refractivity contribution in [2.24, 2.45) is 0 Å². The van der Waals surface area contributed by atoms with Crippen LogP contribution in [0.3, 0.4) is 0 Å². The SMILES string of the molecule is COC(=O)c1sc(-c2cc(I)ccc2Br)cc1N. The third-order valence-electron chi connectivity index (χ3n) is 2.33. The van der Waals surface area contributed by atoms with Gasteiger partial charge >= 0.3 is 5.97 Å². The highest BCUT2D eigenvalue weighted by molar-refractivity contribution is 14.1. The van der Waals surface area contributed by atoms with E-state index in [-0.39, 0.29) is 0 Å². The zero-order valence-electron chi connectivity index (χ0n) is 9.37. The van der Waals surface area contributed by atoms with Gasteiger partial charge in [-0.25, -0.2) is 4.79 Å². The van der Waals surface area contributed by atoms with Crippen LogP contribution < -0.4 is 5.73 Å². The van der Waals surface area contributed by atoms with Crippen LogP contribution in [0, 0.1) is 3.57 Å². The fraction of sp³-hybridized carbons (Fsp3) is 0.0833. The molecule has 0 amide bonds. The summed E-state index contributed by atoms with van der Waals surface area (Å²) >= 11 is 7.08. The fourth-order valence-corrected chi connectivity index (χ4v) is 3.59. The van der Waals surface area contributed by atoms with E-state index in [1.54, 1.807) is 6.07 Å². The number of anilines is 1. The molecule has 0 fully saturated rings. The van der Waals surface area contributed by atoms with Gasteiger partial charge in [0.05, 0.1) is 12.8 Å². The van der Waals surface area contributed by atoms with E-state index in [0.29, 0.717) is 10.6 Å². The average Bonchev–Trinajstić information content (AvgIpc) is 2.73. The monoisotopic (exact) mass is 437 g/mol.